The zero-order chi connectivity index (χ0) is 15.1. The first-order chi connectivity index (χ1) is 10.7. The molecular weight excluding hydrogens is 285 g/mol. The lowest BCUT2D eigenvalue weighted by Crippen LogP contribution is -2.26. The number of rotatable bonds is 2. The number of fused-ring (bicyclic) bond motifs is 1. The lowest BCUT2D eigenvalue weighted by Gasteiger charge is -2.25. The molecule has 1 aromatic carbocycles. The van der Waals surface area contributed by atoms with Crippen LogP contribution in [0.4, 0.5) is 10.2 Å². The fraction of sp³-hybridized carbons (Fsp3) is 0.267. The summed E-state index contributed by atoms with van der Waals surface area (Å²) < 4.78 is 15.3. The van der Waals surface area contributed by atoms with E-state index in [2.05, 4.69) is 15.2 Å². The standard InChI is InChI=1S/C15H14FN5O/c16-11-3-1-2-10(6-11)13-7-12(22)8-21(13)14-15-19-18-9-20(15)5-4-17-14/h1-6,9,12-13,22H,7-8H2/t12-,13-/m0/s1. The Hall–Kier alpha value is -2.54. The number of aromatic nitrogens is 4. The Morgan fingerprint density at radius 3 is 3.09 bits per heavy atom. The van der Waals surface area contributed by atoms with E-state index in [0.717, 1.165) is 5.56 Å². The maximum absolute atomic E-state index is 13.5. The fourth-order valence-electron chi connectivity index (χ4n) is 3.03. The SMILES string of the molecule is O[C@H]1C[C@@H](c2cccc(F)c2)N(c2nccn3cnnc23)C1. The molecule has 0 radical (unpaired) electrons. The van der Waals surface area contributed by atoms with Crippen LogP contribution in [0.3, 0.4) is 0 Å². The second-order valence-corrected chi connectivity index (χ2v) is 5.43. The number of anilines is 1. The highest BCUT2D eigenvalue weighted by Crippen LogP contribution is 2.36. The molecule has 2 atom stereocenters. The maximum Gasteiger partial charge on any atom is 0.203 e. The van der Waals surface area contributed by atoms with Crippen molar-refractivity contribution in [2.24, 2.45) is 0 Å². The van der Waals surface area contributed by atoms with Crippen LogP contribution in [-0.2, 0) is 0 Å². The summed E-state index contributed by atoms with van der Waals surface area (Å²) in [6.07, 6.45) is 5.07. The molecule has 3 aromatic rings. The van der Waals surface area contributed by atoms with Crippen molar-refractivity contribution >= 4 is 11.5 Å². The van der Waals surface area contributed by atoms with Gasteiger partial charge in [0.2, 0.25) is 5.65 Å². The lowest BCUT2D eigenvalue weighted by molar-refractivity contribution is 0.194. The molecule has 1 N–H and O–H groups in total. The molecular formula is C15H14FN5O. The van der Waals surface area contributed by atoms with Crippen LogP contribution in [-0.4, -0.2) is 37.3 Å². The molecule has 0 bridgehead atoms. The molecule has 112 valence electrons. The molecule has 0 saturated carbocycles. The fourth-order valence-corrected chi connectivity index (χ4v) is 3.03. The third-order valence-electron chi connectivity index (χ3n) is 3.98. The number of benzene rings is 1. The van der Waals surface area contributed by atoms with Gasteiger partial charge in [0.25, 0.3) is 0 Å². The van der Waals surface area contributed by atoms with Gasteiger partial charge in [-0.25, -0.2) is 9.37 Å². The van der Waals surface area contributed by atoms with Gasteiger partial charge in [0, 0.05) is 18.9 Å². The minimum Gasteiger partial charge on any atom is -0.391 e. The van der Waals surface area contributed by atoms with E-state index in [-0.39, 0.29) is 11.9 Å². The van der Waals surface area contributed by atoms with Gasteiger partial charge >= 0.3 is 0 Å². The number of β-amino-alcohol motifs (C(OH)–C–C–N with tert-alkyl or cyclic N) is 1. The van der Waals surface area contributed by atoms with Crippen molar-refractivity contribution in [3.8, 4) is 0 Å². The minimum absolute atomic E-state index is 0.138. The smallest absolute Gasteiger partial charge is 0.203 e. The van der Waals surface area contributed by atoms with Crippen LogP contribution in [0.25, 0.3) is 5.65 Å². The van der Waals surface area contributed by atoms with Gasteiger partial charge in [-0.1, -0.05) is 12.1 Å². The van der Waals surface area contributed by atoms with Crippen molar-refractivity contribution in [1.82, 2.24) is 19.6 Å². The molecule has 3 heterocycles. The van der Waals surface area contributed by atoms with E-state index >= 15 is 0 Å². The van der Waals surface area contributed by atoms with E-state index in [1.807, 2.05) is 11.0 Å². The molecule has 1 saturated heterocycles. The summed E-state index contributed by atoms with van der Waals surface area (Å²) >= 11 is 0. The molecule has 0 spiro atoms. The van der Waals surface area contributed by atoms with Crippen molar-refractivity contribution in [2.45, 2.75) is 18.6 Å². The summed E-state index contributed by atoms with van der Waals surface area (Å²) in [6, 6.07) is 6.32. The summed E-state index contributed by atoms with van der Waals surface area (Å²) in [5, 5.41) is 18.1. The van der Waals surface area contributed by atoms with E-state index in [9.17, 15) is 9.50 Å². The maximum atomic E-state index is 13.5. The first kappa shape index (κ1) is 13.1. The van der Waals surface area contributed by atoms with Crippen LogP contribution in [0.15, 0.2) is 43.0 Å². The largest absolute Gasteiger partial charge is 0.391 e. The third kappa shape index (κ3) is 2.10. The highest BCUT2D eigenvalue weighted by Gasteiger charge is 2.34. The van der Waals surface area contributed by atoms with Crippen molar-refractivity contribution < 1.29 is 9.50 Å². The molecule has 1 fully saturated rings. The Bertz CT molecular complexity index is 820. The summed E-state index contributed by atoms with van der Waals surface area (Å²) in [5.74, 6) is 0.360. The molecule has 1 aliphatic rings. The average molecular weight is 299 g/mol. The van der Waals surface area contributed by atoms with Crippen molar-refractivity contribution in [3.63, 3.8) is 0 Å². The number of aliphatic hydroxyl groups excluding tert-OH is 1. The number of halogens is 1. The van der Waals surface area contributed by atoms with Crippen molar-refractivity contribution in [1.29, 1.82) is 0 Å². The number of aliphatic hydroxyl groups is 1. The number of nitrogens with zero attached hydrogens (tertiary/aromatic N) is 5. The van der Waals surface area contributed by atoms with Crippen molar-refractivity contribution in [2.75, 3.05) is 11.4 Å². The van der Waals surface area contributed by atoms with Gasteiger partial charge in [0.05, 0.1) is 12.1 Å². The predicted octanol–water partition coefficient (Wildman–Crippen LogP) is 1.58. The first-order valence-electron chi connectivity index (χ1n) is 7.07. The van der Waals surface area contributed by atoms with Gasteiger partial charge in [-0.3, -0.25) is 4.40 Å². The number of hydrogen-bond donors (Lipinski definition) is 1. The molecule has 6 nitrogen and oxygen atoms in total. The summed E-state index contributed by atoms with van der Waals surface area (Å²) in [7, 11) is 0. The molecule has 1 aliphatic heterocycles. The van der Waals surface area contributed by atoms with Crippen LogP contribution >= 0.6 is 0 Å². The van der Waals surface area contributed by atoms with Gasteiger partial charge in [-0.2, -0.15) is 0 Å². The molecule has 4 rings (SSSR count). The summed E-state index contributed by atoms with van der Waals surface area (Å²) in [4.78, 5) is 6.35. The van der Waals surface area contributed by atoms with Crippen molar-refractivity contribution in [3.05, 3.63) is 54.4 Å². The Morgan fingerprint density at radius 1 is 1.32 bits per heavy atom. The van der Waals surface area contributed by atoms with E-state index in [0.29, 0.717) is 24.4 Å². The van der Waals surface area contributed by atoms with Crippen LogP contribution < -0.4 is 4.90 Å². The molecule has 2 aromatic heterocycles. The Balaban J connectivity index is 1.80. The molecule has 0 unspecified atom stereocenters. The van der Waals surface area contributed by atoms with Gasteiger partial charge in [-0.15, -0.1) is 10.2 Å². The van der Waals surface area contributed by atoms with E-state index in [1.165, 1.54) is 12.1 Å². The summed E-state index contributed by atoms with van der Waals surface area (Å²) in [6.45, 7) is 0.431. The second-order valence-electron chi connectivity index (χ2n) is 5.43. The average Bonchev–Trinajstić information content (AvgIpc) is 3.13. The van der Waals surface area contributed by atoms with E-state index < -0.39 is 6.10 Å². The van der Waals surface area contributed by atoms with Crippen LogP contribution in [0.1, 0.15) is 18.0 Å². The van der Waals surface area contributed by atoms with Gasteiger partial charge < -0.3 is 10.0 Å². The zero-order valence-electron chi connectivity index (χ0n) is 11.7. The van der Waals surface area contributed by atoms with Crippen LogP contribution in [0.2, 0.25) is 0 Å². The predicted molar refractivity (Wildman–Crippen MR) is 77.9 cm³/mol. The number of hydrogen-bond acceptors (Lipinski definition) is 5. The lowest BCUT2D eigenvalue weighted by atomic mass is 10.0. The monoisotopic (exact) mass is 299 g/mol. The highest BCUT2D eigenvalue weighted by atomic mass is 19.1. The van der Waals surface area contributed by atoms with Crippen LogP contribution in [0, 0.1) is 5.82 Å². The minimum atomic E-state index is -0.488. The summed E-state index contributed by atoms with van der Waals surface area (Å²) in [5.41, 5.74) is 1.44. The molecule has 0 aliphatic carbocycles. The van der Waals surface area contributed by atoms with E-state index in [1.54, 1.807) is 29.2 Å². The van der Waals surface area contributed by atoms with E-state index in [4.69, 9.17) is 0 Å². The first-order valence-corrected chi connectivity index (χ1v) is 7.07. The van der Waals surface area contributed by atoms with Gasteiger partial charge in [0.1, 0.15) is 12.1 Å². The quantitative estimate of drug-likeness (QED) is 0.778. The normalized spacial score (nSPS) is 21.6. The highest BCUT2D eigenvalue weighted by molar-refractivity contribution is 5.65. The Kier molecular flexibility index (Phi) is 3.00. The Labute approximate surface area is 125 Å². The topological polar surface area (TPSA) is 66.5 Å². The molecule has 7 heteroatoms. The zero-order valence-corrected chi connectivity index (χ0v) is 11.7. The third-order valence-corrected chi connectivity index (χ3v) is 3.98. The second kappa shape index (κ2) is 5.03. The molecule has 22 heavy (non-hydrogen) atoms. The van der Waals surface area contributed by atoms with Gasteiger partial charge in [0.15, 0.2) is 5.82 Å². The Morgan fingerprint density at radius 2 is 2.23 bits per heavy atom. The van der Waals surface area contributed by atoms with Crippen LogP contribution in [0.5, 0.6) is 0 Å². The molecule has 0 amide bonds. The van der Waals surface area contributed by atoms with Gasteiger partial charge in [-0.05, 0) is 24.1 Å².